The van der Waals surface area contributed by atoms with Crippen LogP contribution in [0.2, 0.25) is 5.02 Å². The number of hydrogen-bond donors (Lipinski definition) is 1. The van der Waals surface area contributed by atoms with Crippen LogP contribution in [0, 0.1) is 0 Å². The van der Waals surface area contributed by atoms with E-state index in [1.165, 1.54) is 0 Å². The van der Waals surface area contributed by atoms with E-state index in [0.29, 0.717) is 47.7 Å². The molecule has 0 aliphatic carbocycles. The monoisotopic (exact) mass is 399 g/mol. The Labute approximate surface area is 169 Å². The number of aromatic nitrogens is 2. The molecule has 3 rings (SSSR count). The van der Waals surface area contributed by atoms with Crippen molar-refractivity contribution in [1.82, 2.24) is 9.78 Å². The quantitative estimate of drug-likeness (QED) is 0.599. The van der Waals surface area contributed by atoms with Gasteiger partial charge in [0, 0.05) is 11.8 Å². The van der Waals surface area contributed by atoms with Crippen molar-refractivity contribution < 1.29 is 14.3 Å². The molecule has 0 aliphatic heterocycles. The Bertz CT molecular complexity index is 941. The van der Waals surface area contributed by atoms with Gasteiger partial charge in [0.2, 0.25) is 0 Å². The number of ether oxygens (including phenoxy) is 2. The zero-order valence-corrected chi connectivity index (χ0v) is 16.6. The fourth-order valence-electron chi connectivity index (χ4n) is 2.71. The number of hydrogen-bond acceptors (Lipinski definition) is 4. The Morgan fingerprint density at radius 3 is 2.50 bits per heavy atom. The summed E-state index contributed by atoms with van der Waals surface area (Å²) in [5.41, 5.74) is 1.52. The molecule has 2 aromatic carbocycles. The van der Waals surface area contributed by atoms with Crippen LogP contribution in [0.4, 0.5) is 5.82 Å². The minimum atomic E-state index is -0.323. The van der Waals surface area contributed by atoms with Crippen LogP contribution >= 0.6 is 11.6 Å². The maximum Gasteiger partial charge on any atom is 0.257 e. The van der Waals surface area contributed by atoms with Gasteiger partial charge in [0.1, 0.15) is 5.02 Å². The van der Waals surface area contributed by atoms with Crippen LogP contribution < -0.4 is 14.8 Å². The topological polar surface area (TPSA) is 65.4 Å². The van der Waals surface area contributed by atoms with Gasteiger partial charge in [0.05, 0.1) is 19.8 Å². The molecule has 0 fully saturated rings. The van der Waals surface area contributed by atoms with Gasteiger partial charge in [-0.15, -0.1) is 0 Å². The lowest BCUT2D eigenvalue weighted by molar-refractivity contribution is 0.102. The van der Waals surface area contributed by atoms with Crippen LogP contribution in [0.3, 0.4) is 0 Å². The van der Waals surface area contributed by atoms with Crippen LogP contribution in [0.1, 0.15) is 29.8 Å². The first-order chi connectivity index (χ1) is 13.6. The summed E-state index contributed by atoms with van der Waals surface area (Å²) in [5, 5.41) is 7.50. The molecule has 6 nitrogen and oxygen atoms in total. The number of anilines is 1. The number of nitrogens with one attached hydrogen (secondary N) is 1. The molecule has 0 spiro atoms. The zero-order valence-electron chi connectivity index (χ0n) is 15.8. The minimum absolute atomic E-state index is 0.314. The Balaban J connectivity index is 1.75. The number of carbonyl (C=O) groups excluding carboxylic acids is 1. The van der Waals surface area contributed by atoms with Gasteiger partial charge in [-0.3, -0.25) is 9.48 Å². The fourth-order valence-corrected chi connectivity index (χ4v) is 2.90. The highest BCUT2D eigenvalue weighted by Gasteiger charge is 2.15. The van der Waals surface area contributed by atoms with E-state index in [2.05, 4.69) is 10.4 Å². The lowest BCUT2D eigenvalue weighted by Gasteiger charge is -2.12. The van der Waals surface area contributed by atoms with Crippen LogP contribution in [0.25, 0.3) is 0 Å². The molecule has 3 aromatic rings. The summed E-state index contributed by atoms with van der Waals surface area (Å²) in [4.78, 5) is 12.6. The van der Waals surface area contributed by atoms with E-state index >= 15 is 0 Å². The van der Waals surface area contributed by atoms with Crippen LogP contribution in [-0.4, -0.2) is 28.9 Å². The van der Waals surface area contributed by atoms with Gasteiger partial charge in [-0.25, -0.2) is 0 Å². The molecule has 0 atom stereocenters. The summed E-state index contributed by atoms with van der Waals surface area (Å²) in [7, 11) is 0. The molecule has 1 aromatic heterocycles. The summed E-state index contributed by atoms with van der Waals surface area (Å²) < 4.78 is 12.8. The summed E-state index contributed by atoms with van der Waals surface area (Å²) in [6, 6.07) is 14.9. The molecular formula is C21H22ClN3O3. The first-order valence-electron chi connectivity index (χ1n) is 9.08. The molecule has 7 heteroatoms. The second-order valence-electron chi connectivity index (χ2n) is 5.99. The Hall–Kier alpha value is -2.99. The van der Waals surface area contributed by atoms with Crippen molar-refractivity contribution in [3.8, 4) is 11.5 Å². The predicted molar refractivity (Wildman–Crippen MR) is 110 cm³/mol. The van der Waals surface area contributed by atoms with E-state index in [-0.39, 0.29) is 5.91 Å². The van der Waals surface area contributed by atoms with Crippen molar-refractivity contribution in [2.75, 3.05) is 18.5 Å². The van der Waals surface area contributed by atoms with E-state index in [9.17, 15) is 4.79 Å². The van der Waals surface area contributed by atoms with E-state index in [0.717, 1.165) is 5.56 Å². The third-order valence-corrected chi connectivity index (χ3v) is 4.22. The van der Waals surface area contributed by atoms with Gasteiger partial charge in [0.25, 0.3) is 5.91 Å². The zero-order chi connectivity index (χ0) is 19.9. The number of rotatable bonds is 8. The highest BCUT2D eigenvalue weighted by atomic mass is 35.5. The number of nitrogens with zero attached hydrogens (tertiary/aromatic N) is 2. The van der Waals surface area contributed by atoms with E-state index < -0.39 is 0 Å². The fraction of sp³-hybridized carbons (Fsp3) is 0.238. The molecule has 1 heterocycles. The predicted octanol–water partition coefficient (Wildman–Crippen LogP) is 4.63. The van der Waals surface area contributed by atoms with Gasteiger partial charge < -0.3 is 14.8 Å². The third-order valence-electron chi connectivity index (χ3n) is 3.94. The lowest BCUT2D eigenvalue weighted by Crippen LogP contribution is -2.13. The molecule has 0 aliphatic rings. The van der Waals surface area contributed by atoms with E-state index in [1.807, 2.05) is 44.2 Å². The summed E-state index contributed by atoms with van der Waals surface area (Å²) in [5.74, 6) is 1.12. The number of amides is 1. The average Bonchev–Trinajstić information content (AvgIpc) is 3.03. The molecule has 1 amide bonds. The second-order valence-corrected chi connectivity index (χ2v) is 6.40. The minimum Gasteiger partial charge on any atom is -0.490 e. The molecule has 28 heavy (non-hydrogen) atoms. The lowest BCUT2D eigenvalue weighted by atomic mass is 10.2. The van der Waals surface area contributed by atoms with E-state index in [4.69, 9.17) is 21.1 Å². The van der Waals surface area contributed by atoms with Crippen molar-refractivity contribution in [2.45, 2.75) is 20.4 Å². The molecule has 0 saturated carbocycles. The SMILES string of the molecule is CCOc1ccc(C(=O)Nc2nn(Cc3ccccc3)cc2Cl)cc1OCC. The third kappa shape index (κ3) is 4.84. The summed E-state index contributed by atoms with van der Waals surface area (Å²) >= 11 is 6.25. The van der Waals surface area contributed by atoms with Crippen molar-refractivity contribution in [1.29, 1.82) is 0 Å². The van der Waals surface area contributed by atoms with Gasteiger partial charge in [-0.1, -0.05) is 41.9 Å². The largest absolute Gasteiger partial charge is 0.490 e. The Morgan fingerprint density at radius 2 is 1.79 bits per heavy atom. The van der Waals surface area contributed by atoms with Gasteiger partial charge in [0.15, 0.2) is 17.3 Å². The van der Waals surface area contributed by atoms with Gasteiger partial charge >= 0.3 is 0 Å². The molecule has 1 N–H and O–H groups in total. The maximum atomic E-state index is 12.6. The summed E-state index contributed by atoms with van der Waals surface area (Å²) in [6.07, 6.45) is 1.69. The van der Waals surface area contributed by atoms with Crippen molar-refractivity contribution in [3.05, 3.63) is 70.9 Å². The van der Waals surface area contributed by atoms with E-state index in [1.54, 1.807) is 29.1 Å². The molecule has 0 bridgehead atoms. The second kappa shape index (κ2) is 9.28. The molecule has 0 unspecified atom stereocenters. The average molecular weight is 400 g/mol. The van der Waals surface area contributed by atoms with Crippen LogP contribution in [0.5, 0.6) is 11.5 Å². The molecule has 0 saturated heterocycles. The standard InChI is InChI=1S/C21H22ClN3O3/c1-3-27-18-11-10-16(12-19(18)28-4-2)21(26)23-20-17(22)14-25(24-20)13-15-8-6-5-7-9-15/h5-12,14H,3-4,13H2,1-2H3,(H,23,24,26). The van der Waals surface area contributed by atoms with Crippen molar-refractivity contribution in [3.63, 3.8) is 0 Å². The molecule has 146 valence electrons. The van der Waals surface area contributed by atoms with Crippen LogP contribution in [0.15, 0.2) is 54.7 Å². The first kappa shape index (κ1) is 19.8. The number of benzene rings is 2. The number of carbonyl (C=O) groups is 1. The maximum absolute atomic E-state index is 12.6. The smallest absolute Gasteiger partial charge is 0.257 e. The highest BCUT2D eigenvalue weighted by molar-refractivity contribution is 6.33. The Kier molecular flexibility index (Phi) is 6.55. The number of halogens is 1. The highest BCUT2D eigenvalue weighted by Crippen LogP contribution is 2.29. The normalized spacial score (nSPS) is 10.5. The molecule has 0 radical (unpaired) electrons. The summed E-state index contributed by atoms with van der Waals surface area (Å²) in [6.45, 7) is 5.32. The van der Waals surface area contributed by atoms with Crippen LogP contribution in [-0.2, 0) is 6.54 Å². The Morgan fingerprint density at radius 1 is 1.07 bits per heavy atom. The van der Waals surface area contributed by atoms with Crippen molar-refractivity contribution in [2.24, 2.45) is 0 Å². The van der Waals surface area contributed by atoms with Crippen molar-refractivity contribution >= 4 is 23.3 Å². The first-order valence-corrected chi connectivity index (χ1v) is 9.46. The van der Waals surface area contributed by atoms with Gasteiger partial charge in [-0.2, -0.15) is 5.10 Å². The molecular weight excluding hydrogens is 378 g/mol. The van der Waals surface area contributed by atoms with Gasteiger partial charge in [-0.05, 0) is 37.6 Å².